The summed E-state index contributed by atoms with van der Waals surface area (Å²) in [5, 5.41) is 0. The molecule has 2 heterocycles. The highest BCUT2D eigenvalue weighted by atomic mass is 16.6. The summed E-state index contributed by atoms with van der Waals surface area (Å²) in [6.07, 6.45) is 0.461. The first kappa shape index (κ1) is 22.6. The molecule has 1 aliphatic carbocycles. The quantitative estimate of drug-likeness (QED) is 0.242. The number of epoxide rings is 2. The summed E-state index contributed by atoms with van der Waals surface area (Å²) in [7, 11) is 0. The largest absolute Gasteiger partial charge is 0.491 e. The molecule has 37 heavy (non-hydrogen) atoms. The van der Waals surface area contributed by atoms with Gasteiger partial charge in [0, 0.05) is 0 Å². The Labute approximate surface area is 217 Å². The number of aryl methyl sites for hydroxylation is 2. The van der Waals surface area contributed by atoms with Crippen molar-refractivity contribution in [3.8, 4) is 22.6 Å². The van der Waals surface area contributed by atoms with Crippen molar-refractivity contribution in [2.24, 2.45) is 0 Å². The van der Waals surface area contributed by atoms with Crippen molar-refractivity contribution in [1.29, 1.82) is 0 Å². The van der Waals surface area contributed by atoms with E-state index in [4.69, 9.17) is 18.9 Å². The summed E-state index contributed by atoms with van der Waals surface area (Å²) >= 11 is 0. The van der Waals surface area contributed by atoms with E-state index >= 15 is 0 Å². The fraction of sp³-hybridized carbons (Fsp3) is 0.273. The Hall–Kier alpha value is -3.60. The third-order valence-electron chi connectivity index (χ3n) is 7.82. The molecule has 186 valence electrons. The molecule has 2 saturated heterocycles. The van der Waals surface area contributed by atoms with Crippen molar-refractivity contribution in [3.05, 3.63) is 118 Å². The molecule has 4 nitrogen and oxygen atoms in total. The van der Waals surface area contributed by atoms with Crippen molar-refractivity contribution in [1.82, 2.24) is 0 Å². The van der Waals surface area contributed by atoms with Gasteiger partial charge < -0.3 is 18.9 Å². The van der Waals surface area contributed by atoms with E-state index in [2.05, 4.69) is 98.8 Å². The van der Waals surface area contributed by atoms with E-state index in [9.17, 15) is 0 Å². The Morgan fingerprint density at radius 2 is 1.08 bits per heavy atom. The van der Waals surface area contributed by atoms with Crippen molar-refractivity contribution >= 4 is 0 Å². The zero-order chi connectivity index (χ0) is 25.0. The van der Waals surface area contributed by atoms with E-state index in [0.29, 0.717) is 13.2 Å². The Morgan fingerprint density at radius 3 is 1.49 bits per heavy atom. The average Bonchev–Trinajstić information content (AvgIpc) is 3.85. The number of rotatable bonds is 8. The van der Waals surface area contributed by atoms with E-state index in [1.54, 1.807) is 0 Å². The molecule has 4 aromatic carbocycles. The Morgan fingerprint density at radius 1 is 0.649 bits per heavy atom. The predicted molar refractivity (Wildman–Crippen MR) is 144 cm³/mol. The Bertz CT molecular complexity index is 1370. The van der Waals surface area contributed by atoms with Crippen LogP contribution in [0.5, 0.6) is 11.5 Å². The van der Waals surface area contributed by atoms with Crippen LogP contribution >= 0.6 is 0 Å². The predicted octanol–water partition coefficient (Wildman–Crippen LogP) is 6.22. The number of hydrogen-bond acceptors (Lipinski definition) is 4. The van der Waals surface area contributed by atoms with Crippen molar-refractivity contribution < 1.29 is 18.9 Å². The molecule has 0 spiro atoms. The number of fused-ring (bicyclic) bond motifs is 3. The lowest BCUT2D eigenvalue weighted by molar-refractivity contribution is 0.261. The molecule has 0 bridgehead atoms. The second kappa shape index (κ2) is 8.76. The molecule has 2 aliphatic heterocycles. The molecule has 0 N–H and O–H groups in total. The van der Waals surface area contributed by atoms with E-state index in [1.165, 1.54) is 33.4 Å². The van der Waals surface area contributed by atoms with E-state index in [0.717, 1.165) is 35.8 Å². The molecule has 0 saturated carbocycles. The van der Waals surface area contributed by atoms with Gasteiger partial charge in [-0.15, -0.1) is 0 Å². The van der Waals surface area contributed by atoms with E-state index in [-0.39, 0.29) is 12.2 Å². The van der Waals surface area contributed by atoms with Gasteiger partial charge in [-0.1, -0.05) is 72.8 Å². The minimum atomic E-state index is -0.445. The van der Waals surface area contributed by atoms with Crippen LogP contribution in [-0.2, 0) is 14.9 Å². The lowest BCUT2D eigenvalue weighted by Gasteiger charge is -2.34. The second-order valence-electron chi connectivity index (χ2n) is 10.3. The summed E-state index contributed by atoms with van der Waals surface area (Å²) in [5.74, 6) is 1.83. The monoisotopic (exact) mass is 490 g/mol. The van der Waals surface area contributed by atoms with Crippen LogP contribution < -0.4 is 9.47 Å². The summed E-state index contributed by atoms with van der Waals surface area (Å²) in [5.41, 5.74) is 9.44. The number of ether oxygens (including phenoxy) is 4. The molecule has 0 unspecified atom stereocenters. The van der Waals surface area contributed by atoms with Crippen LogP contribution in [0.3, 0.4) is 0 Å². The van der Waals surface area contributed by atoms with Gasteiger partial charge in [0.1, 0.15) is 36.9 Å². The zero-order valence-electron chi connectivity index (χ0n) is 21.2. The maximum Gasteiger partial charge on any atom is 0.122 e. The van der Waals surface area contributed by atoms with Crippen LogP contribution in [0.1, 0.15) is 33.4 Å². The zero-order valence-corrected chi connectivity index (χ0v) is 21.2. The van der Waals surface area contributed by atoms with Crippen molar-refractivity contribution in [2.75, 3.05) is 26.4 Å². The van der Waals surface area contributed by atoms with Crippen LogP contribution in [0.4, 0.5) is 0 Å². The molecule has 0 aromatic heterocycles. The lowest BCUT2D eigenvalue weighted by atomic mass is 9.67. The standard InChI is InChI=1S/C33H30O4/c1-21-15-23(11-13-31(21)36-19-25-17-34-25)33(24-12-14-32(22(2)16-24)37-20-26-18-35-26)29-9-5-3-7-27(29)28-8-4-6-10-30(28)33/h3-16,25-26H,17-20H2,1-2H3/t25-,26-/m1/s1. The number of benzene rings is 4. The van der Waals surface area contributed by atoms with Gasteiger partial charge in [-0.2, -0.15) is 0 Å². The maximum absolute atomic E-state index is 6.09. The van der Waals surface area contributed by atoms with Gasteiger partial charge in [0.15, 0.2) is 0 Å². The minimum Gasteiger partial charge on any atom is -0.491 e. The minimum absolute atomic E-state index is 0.231. The normalized spacial score (nSPS) is 20.2. The molecule has 0 radical (unpaired) electrons. The highest BCUT2D eigenvalue weighted by Gasteiger charge is 2.46. The third-order valence-corrected chi connectivity index (χ3v) is 7.82. The Balaban J connectivity index is 1.40. The van der Waals surface area contributed by atoms with Crippen LogP contribution in [0.25, 0.3) is 11.1 Å². The topological polar surface area (TPSA) is 43.5 Å². The van der Waals surface area contributed by atoms with Gasteiger partial charge in [0.2, 0.25) is 0 Å². The molecular weight excluding hydrogens is 460 g/mol. The SMILES string of the molecule is Cc1cc(C2(c3ccc(OC[C@H]4CO4)c(C)c3)c3ccccc3-c3ccccc32)ccc1OC[C@H]1CO1. The van der Waals surface area contributed by atoms with Gasteiger partial charge in [-0.05, 0) is 70.5 Å². The molecule has 7 rings (SSSR count). The second-order valence-corrected chi connectivity index (χ2v) is 10.3. The van der Waals surface area contributed by atoms with Crippen LogP contribution in [0.15, 0.2) is 84.9 Å². The van der Waals surface area contributed by atoms with E-state index in [1.807, 2.05) is 0 Å². The molecule has 2 atom stereocenters. The lowest BCUT2D eigenvalue weighted by Crippen LogP contribution is -2.29. The number of hydrogen-bond donors (Lipinski definition) is 0. The summed E-state index contributed by atoms with van der Waals surface area (Å²) in [6, 6.07) is 30.9. The van der Waals surface area contributed by atoms with Gasteiger partial charge in [-0.3, -0.25) is 0 Å². The molecule has 4 aromatic rings. The first-order valence-electron chi connectivity index (χ1n) is 13.0. The first-order chi connectivity index (χ1) is 18.1. The van der Waals surface area contributed by atoms with Gasteiger partial charge in [0.25, 0.3) is 0 Å². The molecule has 3 aliphatic rings. The summed E-state index contributed by atoms with van der Waals surface area (Å²) < 4.78 is 22.9. The highest BCUT2D eigenvalue weighted by molar-refractivity contribution is 5.86. The fourth-order valence-corrected chi connectivity index (χ4v) is 5.81. The fourth-order valence-electron chi connectivity index (χ4n) is 5.81. The summed E-state index contributed by atoms with van der Waals surface area (Å²) in [6.45, 7) is 7.05. The third kappa shape index (κ3) is 3.83. The molecular formula is C33H30O4. The van der Waals surface area contributed by atoms with Gasteiger partial charge in [0.05, 0.1) is 18.6 Å². The first-order valence-corrected chi connectivity index (χ1v) is 13.0. The van der Waals surface area contributed by atoms with E-state index < -0.39 is 5.41 Å². The molecule has 4 heteroatoms. The van der Waals surface area contributed by atoms with Crippen LogP contribution in [0.2, 0.25) is 0 Å². The van der Waals surface area contributed by atoms with Gasteiger partial charge >= 0.3 is 0 Å². The maximum atomic E-state index is 6.09. The van der Waals surface area contributed by atoms with Crippen LogP contribution in [-0.4, -0.2) is 38.6 Å². The smallest absolute Gasteiger partial charge is 0.122 e. The Kier molecular flexibility index (Phi) is 5.35. The van der Waals surface area contributed by atoms with Crippen LogP contribution in [0, 0.1) is 13.8 Å². The molecule has 0 amide bonds. The highest BCUT2D eigenvalue weighted by Crippen LogP contribution is 2.56. The molecule has 2 fully saturated rings. The van der Waals surface area contributed by atoms with Crippen molar-refractivity contribution in [2.45, 2.75) is 31.5 Å². The average molecular weight is 491 g/mol. The summed E-state index contributed by atoms with van der Waals surface area (Å²) in [4.78, 5) is 0. The van der Waals surface area contributed by atoms with Crippen molar-refractivity contribution in [3.63, 3.8) is 0 Å². The van der Waals surface area contributed by atoms with Gasteiger partial charge in [-0.25, -0.2) is 0 Å².